The highest BCUT2D eigenvalue weighted by atomic mass is 16.5. The molecule has 0 bridgehead atoms. The van der Waals surface area contributed by atoms with Crippen LogP contribution in [0.4, 0.5) is 0 Å². The fourth-order valence-corrected chi connectivity index (χ4v) is 3.41. The summed E-state index contributed by atoms with van der Waals surface area (Å²) in [6.07, 6.45) is 3.16. The summed E-state index contributed by atoms with van der Waals surface area (Å²) >= 11 is 0. The zero-order valence-electron chi connectivity index (χ0n) is 18.7. The lowest BCUT2D eigenvalue weighted by Crippen LogP contribution is -2.38. The van der Waals surface area contributed by atoms with Crippen LogP contribution in [0.3, 0.4) is 0 Å². The lowest BCUT2D eigenvalue weighted by atomic mass is 10.0. The van der Waals surface area contributed by atoms with Gasteiger partial charge < -0.3 is 25.0 Å². The van der Waals surface area contributed by atoms with Crippen LogP contribution in [0.2, 0.25) is 0 Å². The van der Waals surface area contributed by atoms with Crippen LogP contribution in [0.1, 0.15) is 43.9 Å². The Morgan fingerprint density at radius 2 is 2.03 bits per heavy atom. The molecule has 6 nitrogen and oxygen atoms in total. The minimum absolute atomic E-state index is 0.258. The van der Waals surface area contributed by atoms with Gasteiger partial charge in [-0.1, -0.05) is 31.2 Å². The first-order valence-corrected chi connectivity index (χ1v) is 11.1. The Bertz CT molecular complexity index is 583. The lowest BCUT2D eigenvalue weighted by molar-refractivity contribution is 0.0888. The van der Waals surface area contributed by atoms with E-state index in [1.165, 1.54) is 11.1 Å². The van der Waals surface area contributed by atoms with E-state index < -0.39 is 0 Å². The zero-order valence-corrected chi connectivity index (χ0v) is 18.7. The van der Waals surface area contributed by atoms with Gasteiger partial charge in [-0.2, -0.15) is 0 Å². The van der Waals surface area contributed by atoms with Gasteiger partial charge in [0.2, 0.25) is 0 Å². The summed E-state index contributed by atoms with van der Waals surface area (Å²) in [4.78, 5) is 7.06. The molecule has 1 aliphatic rings. The van der Waals surface area contributed by atoms with Gasteiger partial charge in [-0.3, -0.25) is 4.99 Å². The summed E-state index contributed by atoms with van der Waals surface area (Å²) in [5.41, 5.74) is 2.67. The summed E-state index contributed by atoms with van der Waals surface area (Å²) < 4.78 is 11.2. The second-order valence-corrected chi connectivity index (χ2v) is 7.88. The van der Waals surface area contributed by atoms with Crippen LogP contribution < -0.4 is 10.6 Å². The average molecular weight is 405 g/mol. The maximum absolute atomic E-state index is 5.78. The van der Waals surface area contributed by atoms with Gasteiger partial charge >= 0.3 is 0 Å². The smallest absolute Gasteiger partial charge is 0.191 e. The van der Waals surface area contributed by atoms with Crippen molar-refractivity contribution in [2.24, 2.45) is 10.9 Å². The first-order valence-electron chi connectivity index (χ1n) is 11.1. The number of aliphatic imine (C=N–C) groups is 1. The van der Waals surface area contributed by atoms with Crippen molar-refractivity contribution < 1.29 is 9.47 Å². The Morgan fingerprint density at radius 1 is 1.24 bits per heavy atom. The van der Waals surface area contributed by atoms with Crippen molar-refractivity contribution in [3.8, 4) is 0 Å². The average Bonchev–Trinajstić information content (AvgIpc) is 3.24. The van der Waals surface area contributed by atoms with Crippen molar-refractivity contribution in [3.05, 3.63) is 35.4 Å². The third-order valence-electron chi connectivity index (χ3n) is 5.30. The fourth-order valence-electron chi connectivity index (χ4n) is 3.41. The second-order valence-electron chi connectivity index (χ2n) is 7.88. The lowest BCUT2D eigenvalue weighted by Gasteiger charge is -2.24. The quantitative estimate of drug-likeness (QED) is 0.319. The number of likely N-dealkylation sites (N-methyl/N-ethyl adjacent to an activating group) is 1. The summed E-state index contributed by atoms with van der Waals surface area (Å²) in [7, 11) is 4.22. The number of hydrogen-bond acceptors (Lipinski definition) is 4. The van der Waals surface area contributed by atoms with Crippen LogP contribution in [0, 0.1) is 5.92 Å². The van der Waals surface area contributed by atoms with E-state index in [0.717, 1.165) is 64.7 Å². The first kappa shape index (κ1) is 23.6. The molecule has 0 spiro atoms. The molecule has 1 heterocycles. The maximum atomic E-state index is 5.78. The third kappa shape index (κ3) is 8.72. The molecule has 2 unspecified atom stereocenters. The highest BCUT2D eigenvalue weighted by molar-refractivity contribution is 5.79. The Labute approximate surface area is 177 Å². The van der Waals surface area contributed by atoms with E-state index in [9.17, 15) is 0 Å². The molecule has 1 saturated heterocycles. The van der Waals surface area contributed by atoms with Crippen LogP contribution >= 0.6 is 0 Å². The summed E-state index contributed by atoms with van der Waals surface area (Å²) in [6.45, 7) is 10.0. The van der Waals surface area contributed by atoms with E-state index in [2.05, 4.69) is 67.7 Å². The molecule has 1 aliphatic heterocycles. The molecule has 1 aromatic rings. The minimum Gasteiger partial charge on any atom is -0.381 e. The van der Waals surface area contributed by atoms with Gasteiger partial charge in [0.05, 0.1) is 25.8 Å². The van der Waals surface area contributed by atoms with Gasteiger partial charge in [0.1, 0.15) is 0 Å². The molecule has 6 heteroatoms. The number of nitrogens with zero attached hydrogens (tertiary/aromatic N) is 2. The van der Waals surface area contributed by atoms with Crippen molar-refractivity contribution >= 4 is 5.96 Å². The van der Waals surface area contributed by atoms with Crippen molar-refractivity contribution in [1.82, 2.24) is 15.5 Å². The fraction of sp³-hybridized carbons (Fsp3) is 0.696. The number of benzene rings is 1. The number of rotatable bonds is 12. The molecule has 2 rings (SSSR count). The van der Waals surface area contributed by atoms with Gasteiger partial charge in [-0.25, -0.2) is 0 Å². The molecule has 2 atom stereocenters. The van der Waals surface area contributed by atoms with Gasteiger partial charge in [0.25, 0.3) is 0 Å². The van der Waals surface area contributed by atoms with Crippen LogP contribution in [-0.4, -0.2) is 71.0 Å². The highest BCUT2D eigenvalue weighted by Crippen LogP contribution is 2.19. The molecule has 29 heavy (non-hydrogen) atoms. The van der Waals surface area contributed by atoms with Crippen LogP contribution in [0.15, 0.2) is 29.3 Å². The number of ether oxygens (including phenoxy) is 2. The number of hydrogen-bond donors (Lipinski definition) is 2. The summed E-state index contributed by atoms with van der Waals surface area (Å²) in [6, 6.07) is 9.15. The van der Waals surface area contributed by atoms with E-state index in [4.69, 9.17) is 14.5 Å². The molecule has 0 amide bonds. The SMILES string of the molecule is CCNC(=NCC(c1ccc(CC)cc1)N(C)C)NCCCOCC1CCOC1. The van der Waals surface area contributed by atoms with E-state index in [1.54, 1.807) is 0 Å². The molecular weight excluding hydrogens is 364 g/mol. The van der Waals surface area contributed by atoms with Crippen molar-refractivity contribution in [2.45, 2.75) is 39.2 Å². The Morgan fingerprint density at radius 3 is 2.66 bits per heavy atom. The second kappa shape index (κ2) is 13.6. The number of nitrogens with one attached hydrogen (secondary N) is 2. The zero-order chi connectivity index (χ0) is 20.9. The largest absolute Gasteiger partial charge is 0.381 e. The van der Waals surface area contributed by atoms with Gasteiger partial charge in [-0.15, -0.1) is 0 Å². The summed E-state index contributed by atoms with van der Waals surface area (Å²) in [5.74, 6) is 1.45. The van der Waals surface area contributed by atoms with E-state index >= 15 is 0 Å². The van der Waals surface area contributed by atoms with Crippen LogP contribution in [0.5, 0.6) is 0 Å². The number of guanidine groups is 1. The highest BCUT2D eigenvalue weighted by Gasteiger charge is 2.15. The molecule has 164 valence electrons. The molecule has 0 aromatic heterocycles. The molecular formula is C23H40N4O2. The van der Waals surface area contributed by atoms with E-state index in [-0.39, 0.29) is 6.04 Å². The van der Waals surface area contributed by atoms with Gasteiger partial charge in [0.15, 0.2) is 5.96 Å². The third-order valence-corrected chi connectivity index (χ3v) is 5.30. The van der Waals surface area contributed by atoms with Crippen molar-refractivity contribution in [1.29, 1.82) is 0 Å². The molecule has 1 aromatic carbocycles. The monoisotopic (exact) mass is 404 g/mol. The predicted octanol–water partition coefficient (Wildman–Crippen LogP) is 2.85. The molecule has 0 aliphatic carbocycles. The van der Waals surface area contributed by atoms with E-state index in [0.29, 0.717) is 12.5 Å². The predicted molar refractivity (Wildman–Crippen MR) is 121 cm³/mol. The Hall–Kier alpha value is -1.63. The van der Waals surface area contributed by atoms with E-state index in [1.807, 2.05) is 0 Å². The minimum atomic E-state index is 0.258. The van der Waals surface area contributed by atoms with Crippen LogP contribution in [0.25, 0.3) is 0 Å². The first-order chi connectivity index (χ1) is 14.1. The molecule has 2 N–H and O–H groups in total. The Balaban J connectivity index is 1.78. The van der Waals surface area contributed by atoms with Crippen molar-refractivity contribution in [2.75, 3.05) is 60.2 Å². The standard InChI is InChI=1S/C23H40N4O2/c1-5-19-8-10-21(11-9-19)22(27(3)4)16-26-23(24-6-2)25-13-7-14-28-17-20-12-15-29-18-20/h8-11,20,22H,5-7,12-18H2,1-4H3,(H2,24,25,26). The normalized spacial score (nSPS) is 18.2. The molecule has 0 saturated carbocycles. The van der Waals surface area contributed by atoms with Gasteiger partial charge in [0, 0.05) is 32.2 Å². The van der Waals surface area contributed by atoms with Crippen LogP contribution in [-0.2, 0) is 15.9 Å². The Kier molecular flexibility index (Phi) is 11.1. The molecule has 0 radical (unpaired) electrons. The van der Waals surface area contributed by atoms with Crippen molar-refractivity contribution in [3.63, 3.8) is 0 Å². The maximum Gasteiger partial charge on any atom is 0.191 e. The van der Waals surface area contributed by atoms with Gasteiger partial charge in [-0.05, 0) is 51.4 Å². The number of aryl methyl sites for hydroxylation is 1. The molecule has 1 fully saturated rings. The topological polar surface area (TPSA) is 58.1 Å². The summed E-state index contributed by atoms with van der Waals surface area (Å²) in [5, 5.41) is 6.77.